The van der Waals surface area contributed by atoms with Crippen LogP contribution in [0.4, 0.5) is 0 Å². The highest BCUT2D eigenvalue weighted by molar-refractivity contribution is 6.17. The first kappa shape index (κ1) is 4.73. The SMILES string of the molecule is C1=NCNC2=NCC=C12. The number of amidine groups is 1. The van der Waals surface area contributed by atoms with Crippen molar-refractivity contribution in [3.05, 3.63) is 11.6 Å². The Bertz CT molecular complexity index is 212. The summed E-state index contributed by atoms with van der Waals surface area (Å²) in [6, 6.07) is 0. The number of nitrogens with one attached hydrogen (secondary N) is 1. The predicted molar refractivity (Wildman–Crippen MR) is 36.9 cm³/mol. The molecule has 2 aliphatic rings. The zero-order chi connectivity index (χ0) is 6.10. The van der Waals surface area contributed by atoms with Gasteiger partial charge in [0, 0.05) is 11.8 Å². The summed E-state index contributed by atoms with van der Waals surface area (Å²) in [4.78, 5) is 8.21. The van der Waals surface area contributed by atoms with E-state index in [2.05, 4.69) is 21.4 Å². The van der Waals surface area contributed by atoms with Crippen LogP contribution in [0, 0.1) is 0 Å². The van der Waals surface area contributed by atoms with E-state index in [-0.39, 0.29) is 0 Å². The molecule has 2 heterocycles. The van der Waals surface area contributed by atoms with Crippen LogP contribution in [-0.4, -0.2) is 25.3 Å². The number of rotatable bonds is 0. The van der Waals surface area contributed by atoms with E-state index in [0.717, 1.165) is 18.0 Å². The van der Waals surface area contributed by atoms with Crippen LogP contribution in [0.3, 0.4) is 0 Å². The van der Waals surface area contributed by atoms with Gasteiger partial charge < -0.3 is 5.32 Å². The average molecular weight is 121 g/mol. The topological polar surface area (TPSA) is 36.8 Å². The molecule has 2 aliphatic heterocycles. The summed E-state index contributed by atoms with van der Waals surface area (Å²) in [6.07, 6.45) is 3.92. The van der Waals surface area contributed by atoms with Gasteiger partial charge in [-0.2, -0.15) is 0 Å². The Hall–Kier alpha value is -1.12. The van der Waals surface area contributed by atoms with Gasteiger partial charge in [-0.15, -0.1) is 0 Å². The summed E-state index contributed by atoms with van der Waals surface area (Å²) < 4.78 is 0. The second kappa shape index (κ2) is 1.69. The maximum atomic E-state index is 4.18. The van der Waals surface area contributed by atoms with Crippen LogP contribution in [-0.2, 0) is 0 Å². The molecule has 0 fully saturated rings. The molecular weight excluding hydrogens is 114 g/mol. The monoisotopic (exact) mass is 121 g/mol. The molecular formula is C6H7N3. The highest BCUT2D eigenvalue weighted by Gasteiger charge is 2.10. The Morgan fingerprint density at radius 1 is 1.56 bits per heavy atom. The molecule has 9 heavy (non-hydrogen) atoms. The van der Waals surface area contributed by atoms with Crippen molar-refractivity contribution in [1.29, 1.82) is 0 Å². The molecule has 0 saturated heterocycles. The van der Waals surface area contributed by atoms with Gasteiger partial charge in [0.15, 0.2) is 0 Å². The molecule has 2 rings (SSSR count). The number of fused-ring (bicyclic) bond motifs is 1. The molecule has 0 aromatic rings. The van der Waals surface area contributed by atoms with Gasteiger partial charge in [-0.1, -0.05) is 6.08 Å². The normalized spacial score (nSPS) is 22.2. The average Bonchev–Trinajstić information content (AvgIpc) is 2.33. The van der Waals surface area contributed by atoms with Crippen molar-refractivity contribution < 1.29 is 0 Å². The van der Waals surface area contributed by atoms with E-state index < -0.39 is 0 Å². The molecule has 0 saturated carbocycles. The second-order valence-corrected chi connectivity index (χ2v) is 2.00. The lowest BCUT2D eigenvalue weighted by Crippen LogP contribution is -2.28. The van der Waals surface area contributed by atoms with Crippen LogP contribution in [0.25, 0.3) is 0 Å². The van der Waals surface area contributed by atoms with E-state index >= 15 is 0 Å². The van der Waals surface area contributed by atoms with Crippen LogP contribution in [0.5, 0.6) is 0 Å². The summed E-state index contributed by atoms with van der Waals surface area (Å²) in [6.45, 7) is 1.49. The van der Waals surface area contributed by atoms with Crippen molar-refractivity contribution in [3.8, 4) is 0 Å². The molecule has 0 atom stereocenters. The smallest absolute Gasteiger partial charge is 0.131 e. The number of nitrogens with zero attached hydrogens (tertiary/aromatic N) is 2. The van der Waals surface area contributed by atoms with Gasteiger partial charge >= 0.3 is 0 Å². The predicted octanol–water partition coefficient (Wildman–Crippen LogP) is -0.0436. The number of hydrogen-bond donors (Lipinski definition) is 1. The van der Waals surface area contributed by atoms with Crippen molar-refractivity contribution in [2.45, 2.75) is 0 Å². The zero-order valence-corrected chi connectivity index (χ0v) is 4.96. The van der Waals surface area contributed by atoms with E-state index in [1.54, 1.807) is 0 Å². The van der Waals surface area contributed by atoms with Gasteiger partial charge in [0.1, 0.15) is 12.5 Å². The molecule has 0 aliphatic carbocycles. The summed E-state index contributed by atoms with van der Waals surface area (Å²) >= 11 is 0. The minimum Gasteiger partial charge on any atom is -0.351 e. The minimum atomic E-state index is 0.677. The zero-order valence-electron chi connectivity index (χ0n) is 4.96. The quantitative estimate of drug-likeness (QED) is 0.479. The molecule has 3 nitrogen and oxygen atoms in total. The number of aliphatic imine (C=N–C) groups is 2. The van der Waals surface area contributed by atoms with Crippen LogP contribution >= 0.6 is 0 Å². The molecule has 3 heteroatoms. The molecule has 0 aromatic heterocycles. The van der Waals surface area contributed by atoms with Crippen LogP contribution in [0.1, 0.15) is 0 Å². The maximum absolute atomic E-state index is 4.18. The van der Waals surface area contributed by atoms with Crippen molar-refractivity contribution in [3.63, 3.8) is 0 Å². The Morgan fingerprint density at radius 3 is 3.44 bits per heavy atom. The van der Waals surface area contributed by atoms with Gasteiger partial charge in [-0.25, -0.2) is 0 Å². The first-order valence-electron chi connectivity index (χ1n) is 2.95. The number of hydrogen-bond acceptors (Lipinski definition) is 3. The molecule has 1 N–H and O–H groups in total. The Morgan fingerprint density at radius 2 is 2.56 bits per heavy atom. The minimum absolute atomic E-state index is 0.677. The van der Waals surface area contributed by atoms with Crippen LogP contribution in [0.15, 0.2) is 21.6 Å². The molecule has 0 bridgehead atoms. The van der Waals surface area contributed by atoms with Gasteiger partial charge in [0.05, 0.1) is 6.54 Å². The van der Waals surface area contributed by atoms with Gasteiger partial charge in [0.2, 0.25) is 0 Å². The lowest BCUT2D eigenvalue weighted by atomic mass is 10.2. The molecule has 0 unspecified atom stereocenters. The largest absolute Gasteiger partial charge is 0.351 e. The second-order valence-electron chi connectivity index (χ2n) is 2.00. The van der Waals surface area contributed by atoms with Crippen molar-refractivity contribution in [1.82, 2.24) is 5.32 Å². The standard InChI is InChI=1S/C6H7N3/c1-2-8-6-5(1)3-7-4-9-6/h1,3H,2,4H2,(H,8,9). The van der Waals surface area contributed by atoms with E-state index in [1.807, 2.05) is 6.21 Å². The first-order valence-corrected chi connectivity index (χ1v) is 2.95. The van der Waals surface area contributed by atoms with Crippen molar-refractivity contribution in [2.24, 2.45) is 9.98 Å². The fraction of sp³-hybridized carbons (Fsp3) is 0.333. The Balaban J connectivity index is 2.39. The Labute approximate surface area is 53.2 Å². The summed E-state index contributed by atoms with van der Waals surface area (Å²) in [5.41, 5.74) is 1.14. The van der Waals surface area contributed by atoms with Crippen molar-refractivity contribution >= 4 is 12.1 Å². The van der Waals surface area contributed by atoms with Gasteiger partial charge in [0.25, 0.3) is 0 Å². The van der Waals surface area contributed by atoms with E-state index in [9.17, 15) is 0 Å². The third-order valence-electron chi connectivity index (χ3n) is 1.40. The fourth-order valence-corrected chi connectivity index (χ4v) is 0.960. The van der Waals surface area contributed by atoms with E-state index in [4.69, 9.17) is 0 Å². The van der Waals surface area contributed by atoms with E-state index in [0.29, 0.717) is 6.67 Å². The molecule has 0 amide bonds. The summed E-state index contributed by atoms with van der Waals surface area (Å²) in [5.74, 6) is 1.00. The summed E-state index contributed by atoms with van der Waals surface area (Å²) in [7, 11) is 0. The van der Waals surface area contributed by atoms with Crippen molar-refractivity contribution in [2.75, 3.05) is 13.2 Å². The van der Waals surface area contributed by atoms with Crippen LogP contribution in [0.2, 0.25) is 0 Å². The lowest BCUT2D eigenvalue weighted by molar-refractivity contribution is 0.920. The van der Waals surface area contributed by atoms with Gasteiger partial charge in [-0.3, -0.25) is 9.98 Å². The Kier molecular flexibility index (Phi) is 0.886. The summed E-state index contributed by atoms with van der Waals surface area (Å²) in [5, 5.41) is 3.06. The van der Waals surface area contributed by atoms with E-state index in [1.165, 1.54) is 0 Å². The fourth-order valence-electron chi connectivity index (χ4n) is 0.960. The molecule has 0 aromatic carbocycles. The molecule has 0 spiro atoms. The molecule has 46 valence electrons. The van der Waals surface area contributed by atoms with Gasteiger partial charge in [-0.05, 0) is 0 Å². The first-order chi connectivity index (χ1) is 4.47. The maximum Gasteiger partial charge on any atom is 0.131 e. The highest BCUT2D eigenvalue weighted by Crippen LogP contribution is 2.03. The lowest BCUT2D eigenvalue weighted by Gasteiger charge is -2.08. The third kappa shape index (κ3) is 0.650. The van der Waals surface area contributed by atoms with Crippen LogP contribution < -0.4 is 5.32 Å². The highest BCUT2D eigenvalue weighted by atomic mass is 15.1. The molecule has 0 radical (unpaired) electrons. The third-order valence-corrected chi connectivity index (χ3v) is 1.40.